The van der Waals surface area contributed by atoms with E-state index in [4.69, 9.17) is 4.74 Å². The van der Waals surface area contributed by atoms with E-state index in [2.05, 4.69) is 4.90 Å². The first kappa shape index (κ1) is 28.0. The minimum Gasteiger partial charge on any atom is -0.449 e. The van der Waals surface area contributed by atoms with Crippen LogP contribution >= 0.6 is 0 Å². The van der Waals surface area contributed by atoms with E-state index in [1.54, 1.807) is 30.0 Å². The molecule has 0 saturated carbocycles. The normalized spacial score (nSPS) is 17.7. The van der Waals surface area contributed by atoms with Gasteiger partial charge < -0.3 is 14.5 Å². The second-order valence-electron chi connectivity index (χ2n) is 10.1. The number of benzene rings is 2. The van der Waals surface area contributed by atoms with Crippen molar-refractivity contribution in [1.29, 1.82) is 0 Å². The van der Waals surface area contributed by atoms with Crippen molar-refractivity contribution in [2.45, 2.75) is 39.4 Å². The minimum atomic E-state index is -0.708. The van der Waals surface area contributed by atoms with Gasteiger partial charge >= 0.3 is 6.09 Å². The molecule has 1 fully saturated rings. The quantitative estimate of drug-likeness (QED) is 0.352. The zero-order valence-corrected chi connectivity index (χ0v) is 22.8. The Labute approximate surface area is 226 Å². The summed E-state index contributed by atoms with van der Waals surface area (Å²) < 4.78 is 19.8. The van der Waals surface area contributed by atoms with Gasteiger partial charge in [-0.2, -0.15) is 0 Å². The molecule has 1 aliphatic heterocycles. The number of hydrogen-bond acceptors (Lipinski definition) is 6. The first-order valence-corrected chi connectivity index (χ1v) is 12.9. The van der Waals surface area contributed by atoms with Gasteiger partial charge in [0.15, 0.2) is 0 Å². The molecule has 1 aliphatic rings. The second-order valence-corrected chi connectivity index (χ2v) is 10.1. The molecule has 2 aromatic carbocycles. The van der Waals surface area contributed by atoms with E-state index in [1.165, 1.54) is 54.0 Å². The Morgan fingerprint density at radius 1 is 1.00 bits per heavy atom. The molecular weight excluding hydrogens is 503 g/mol. The molecule has 0 N–H and O–H groups in total. The second kappa shape index (κ2) is 11.4. The van der Waals surface area contributed by atoms with Gasteiger partial charge in [0.05, 0.1) is 17.7 Å². The molecule has 2 atom stereocenters. The van der Waals surface area contributed by atoms with E-state index in [1.807, 2.05) is 13.8 Å². The fourth-order valence-corrected chi connectivity index (χ4v) is 4.89. The predicted octanol–water partition coefficient (Wildman–Crippen LogP) is 3.79. The van der Waals surface area contributed by atoms with Crippen molar-refractivity contribution in [2.75, 3.05) is 33.8 Å². The fourth-order valence-electron chi connectivity index (χ4n) is 4.89. The molecule has 2 amide bonds. The van der Waals surface area contributed by atoms with Gasteiger partial charge in [0.25, 0.3) is 11.8 Å². The number of amides is 2. The Kier molecular flexibility index (Phi) is 8.15. The summed E-state index contributed by atoms with van der Waals surface area (Å²) in [5.74, 6) is -1.96. The van der Waals surface area contributed by atoms with Crippen molar-refractivity contribution in [3.05, 3.63) is 71.2 Å². The van der Waals surface area contributed by atoms with Crippen molar-refractivity contribution in [1.82, 2.24) is 19.3 Å². The van der Waals surface area contributed by atoms with Gasteiger partial charge in [0, 0.05) is 63.0 Å². The molecule has 0 radical (unpaired) electrons. The summed E-state index contributed by atoms with van der Waals surface area (Å²) in [6.45, 7) is 7.49. The van der Waals surface area contributed by atoms with E-state index >= 15 is 0 Å². The molecule has 2 unspecified atom stereocenters. The maximum absolute atomic E-state index is 13.9. The third-order valence-corrected chi connectivity index (χ3v) is 7.04. The summed E-state index contributed by atoms with van der Waals surface area (Å²) in [5, 5.41) is 0.388. The molecule has 3 aromatic rings. The number of ether oxygens (including phenoxy) is 1. The monoisotopic (exact) mass is 536 g/mol. The standard InChI is InChI=1S/C29H33FN4O5/c1-6-39-29(38)34-17-24(23-13-21(9-12-25(23)34)26(35)28(37)31(4)5)27(36)33-15-18(2)32(14-19(33)3)16-20-7-10-22(30)11-8-20/h7-13,17-19H,6,14-16H2,1-5H3. The maximum atomic E-state index is 13.9. The molecule has 1 aromatic heterocycles. The average molecular weight is 537 g/mol. The number of aromatic nitrogens is 1. The first-order chi connectivity index (χ1) is 18.5. The number of nitrogens with zero attached hydrogens (tertiary/aromatic N) is 4. The predicted molar refractivity (Wildman–Crippen MR) is 144 cm³/mol. The van der Waals surface area contributed by atoms with E-state index in [0.717, 1.165) is 5.56 Å². The highest BCUT2D eigenvalue weighted by Gasteiger charge is 2.34. The maximum Gasteiger partial charge on any atom is 0.418 e. The summed E-state index contributed by atoms with van der Waals surface area (Å²) in [6, 6.07) is 10.8. The van der Waals surface area contributed by atoms with Gasteiger partial charge in [-0.1, -0.05) is 12.1 Å². The number of fused-ring (bicyclic) bond motifs is 1. The van der Waals surface area contributed by atoms with Crippen LogP contribution in [0.2, 0.25) is 0 Å². The Hall–Kier alpha value is -4.05. The lowest BCUT2D eigenvalue weighted by Crippen LogP contribution is -2.57. The van der Waals surface area contributed by atoms with Gasteiger partial charge in [-0.3, -0.25) is 23.9 Å². The van der Waals surface area contributed by atoms with Gasteiger partial charge in [-0.25, -0.2) is 9.18 Å². The number of Topliss-reactive ketones (excluding diaryl/α,β-unsaturated/α-hetero) is 1. The van der Waals surface area contributed by atoms with E-state index < -0.39 is 17.8 Å². The number of carbonyl (C=O) groups excluding carboxylic acids is 4. The van der Waals surface area contributed by atoms with E-state index in [0.29, 0.717) is 30.5 Å². The lowest BCUT2D eigenvalue weighted by atomic mass is 10.0. The number of ketones is 1. The molecular formula is C29H33FN4O5. The average Bonchev–Trinajstić information content (AvgIpc) is 3.29. The van der Waals surface area contributed by atoms with Crippen molar-refractivity contribution >= 4 is 34.6 Å². The van der Waals surface area contributed by atoms with Gasteiger partial charge in [-0.05, 0) is 56.7 Å². The zero-order chi connectivity index (χ0) is 28.4. The number of carbonyl (C=O) groups is 4. The molecule has 0 bridgehead atoms. The third kappa shape index (κ3) is 5.70. The summed E-state index contributed by atoms with van der Waals surface area (Å²) in [6.07, 6.45) is 0.797. The van der Waals surface area contributed by atoms with Crippen LogP contribution in [0.15, 0.2) is 48.7 Å². The van der Waals surface area contributed by atoms with Crippen molar-refractivity contribution in [3.8, 4) is 0 Å². The third-order valence-electron chi connectivity index (χ3n) is 7.04. The number of likely N-dealkylation sites (N-methyl/N-ethyl adjacent to an activating group) is 1. The van der Waals surface area contributed by atoms with Crippen LogP contribution < -0.4 is 0 Å². The van der Waals surface area contributed by atoms with Crippen LogP contribution in [0.4, 0.5) is 9.18 Å². The van der Waals surface area contributed by atoms with Crippen LogP contribution in [-0.2, 0) is 16.1 Å². The van der Waals surface area contributed by atoms with Gasteiger partial charge in [0.2, 0.25) is 5.78 Å². The topological polar surface area (TPSA) is 92.2 Å². The van der Waals surface area contributed by atoms with Gasteiger partial charge in [-0.15, -0.1) is 0 Å². The first-order valence-electron chi connectivity index (χ1n) is 12.9. The van der Waals surface area contributed by atoms with E-state index in [9.17, 15) is 23.6 Å². The highest BCUT2D eigenvalue weighted by Crippen LogP contribution is 2.28. The van der Waals surface area contributed by atoms with Gasteiger partial charge in [0.1, 0.15) is 5.82 Å². The molecule has 1 saturated heterocycles. The largest absolute Gasteiger partial charge is 0.449 e. The molecule has 10 heteroatoms. The fraction of sp³-hybridized carbons (Fsp3) is 0.379. The molecule has 0 spiro atoms. The Morgan fingerprint density at radius 2 is 1.69 bits per heavy atom. The summed E-state index contributed by atoms with van der Waals surface area (Å²) in [7, 11) is 2.98. The lowest BCUT2D eigenvalue weighted by molar-refractivity contribution is -0.124. The van der Waals surface area contributed by atoms with Crippen molar-refractivity contribution in [2.24, 2.45) is 0 Å². The smallest absolute Gasteiger partial charge is 0.418 e. The lowest BCUT2D eigenvalue weighted by Gasteiger charge is -2.44. The zero-order valence-electron chi connectivity index (χ0n) is 22.8. The SMILES string of the molecule is CCOC(=O)n1cc(C(=O)N2CC(C)N(Cc3ccc(F)cc3)CC2C)c2cc(C(=O)C(=O)N(C)C)ccc21. The Bertz CT molecular complexity index is 1420. The summed E-state index contributed by atoms with van der Waals surface area (Å²) in [5.41, 5.74) is 1.76. The van der Waals surface area contributed by atoms with Crippen molar-refractivity contribution in [3.63, 3.8) is 0 Å². The van der Waals surface area contributed by atoms with Crippen LogP contribution in [0.5, 0.6) is 0 Å². The Balaban J connectivity index is 1.66. The van der Waals surface area contributed by atoms with Crippen LogP contribution in [0, 0.1) is 5.82 Å². The Morgan fingerprint density at radius 3 is 2.33 bits per heavy atom. The molecule has 2 heterocycles. The number of rotatable bonds is 6. The molecule has 39 heavy (non-hydrogen) atoms. The van der Waals surface area contributed by atoms with E-state index in [-0.39, 0.29) is 41.5 Å². The molecule has 0 aliphatic carbocycles. The number of piperazine rings is 1. The van der Waals surface area contributed by atoms with Crippen LogP contribution in [0.25, 0.3) is 10.9 Å². The number of halogens is 1. The molecule has 4 rings (SSSR count). The highest BCUT2D eigenvalue weighted by molar-refractivity contribution is 6.43. The van der Waals surface area contributed by atoms with Crippen LogP contribution in [0.1, 0.15) is 47.1 Å². The minimum absolute atomic E-state index is 0.0171. The molecule has 206 valence electrons. The highest BCUT2D eigenvalue weighted by atomic mass is 19.1. The molecule has 9 nitrogen and oxygen atoms in total. The van der Waals surface area contributed by atoms with Crippen molar-refractivity contribution < 1.29 is 28.3 Å². The number of hydrogen-bond donors (Lipinski definition) is 0. The van der Waals surface area contributed by atoms with Crippen LogP contribution in [-0.4, -0.2) is 88.8 Å². The van der Waals surface area contributed by atoms with Crippen LogP contribution in [0.3, 0.4) is 0 Å². The summed E-state index contributed by atoms with van der Waals surface area (Å²) >= 11 is 0. The summed E-state index contributed by atoms with van der Waals surface area (Å²) in [4.78, 5) is 56.9.